The van der Waals surface area contributed by atoms with E-state index in [1.807, 2.05) is 0 Å². The van der Waals surface area contributed by atoms with Gasteiger partial charge in [-0.2, -0.15) is 0 Å². The maximum atomic E-state index is 7.25. The smallest absolute Gasteiger partial charge is 0.144 e. The van der Waals surface area contributed by atoms with Crippen LogP contribution >= 0.6 is 0 Å². The first-order chi connectivity index (χ1) is 35.9. The Morgan fingerprint density at radius 3 is 1.53 bits per heavy atom. The van der Waals surface area contributed by atoms with Crippen molar-refractivity contribution in [2.24, 2.45) is 0 Å². The van der Waals surface area contributed by atoms with Gasteiger partial charge in [0, 0.05) is 49.6 Å². The molecule has 0 atom stereocenters. The van der Waals surface area contributed by atoms with Gasteiger partial charge in [-0.25, -0.2) is 0 Å². The van der Waals surface area contributed by atoms with E-state index in [-0.39, 0.29) is 5.41 Å². The molecule has 0 aliphatic heterocycles. The van der Waals surface area contributed by atoms with Gasteiger partial charge >= 0.3 is 0 Å². The number of hydrogen-bond donors (Lipinski definition) is 0. The summed E-state index contributed by atoms with van der Waals surface area (Å²) in [5.41, 5.74) is 26.1. The van der Waals surface area contributed by atoms with Gasteiger partial charge in [-0.05, 0) is 144 Å². The highest BCUT2D eigenvalue weighted by atomic mass is 16.3. The van der Waals surface area contributed by atoms with Crippen LogP contribution in [0.3, 0.4) is 0 Å². The Balaban J connectivity index is 0.929. The molecule has 11 aromatic carbocycles. The number of rotatable bonds is 5. The molecule has 73 heavy (non-hydrogen) atoms. The molecule has 0 saturated heterocycles. The van der Waals surface area contributed by atoms with Gasteiger partial charge in [-0.15, -0.1) is 0 Å². The van der Waals surface area contributed by atoms with Crippen LogP contribution in [0.5, 0.6) is 0 Å². The summed E-state index contributed by atoms with van der Waals surface area (Å²) < 4.78 is 14.1. The van der Waals surface area contributed by atoms with E-state index in [9.17, 15) is 0 Å². The Kier molecular flexibility index (Phi) is 8.16. The molecule has 3 nitrogen and oxygen atoms in total. The van der Waals surface area contributed by atoms with E-state index in [1.54, 1.807) is 0 Å². The first-order valence-corrected chi connectivity index (χ1v) is 25.4. The molecule has 0 N–H and O–H groups in total. The summed E-state index contributed by atoms with van der Waals surface area (Å²) in [5.74, 6) is 0. The monoisotopic (exact) mass is 931 g/mol. The average Bonchev–Trinajstić information content (AvgIpc) is 4.31. The molecule has 3 aliphatic rings. The number of fused-ring (bicyclic) bond motifs is 19. The van der Waals surface area contributed by atoms with Crippen LogP contribution in [0.15, 0.2) is 245 Å². The van der Waals surface area contributed by atoms with Gasteiger partial charge in [0.05, 0.1) is 5.41 Å². The van der Waals surface area contributed by atoms with Crippen LogP contribution < -0.4 is 4.90 Å². The van der Waals surface area contributed by atoms with E-state index in [0.29, 0.717) is 0 Å². The van der Waals surface area contributed by atoms with E-state index in [1.165, 1.54) is 77.9 Å². The Morgan fingerprint density at radius 2 is 0.822 bits per heavy atom. The molecule has 0 bridgehead atoms. The second-order valence-corrected chi connectivity index (χ2v) is 20.7. The van der Waals surface area contributed by atoms with Crippen molar-refractivity contribution in [1.82, 2.24) is 0 Å². The highest BCUT2D eigenvalue weighted by molar-refractivity contribution is 6.24. The maximum Gasteiger partial charge on any atom is 0.144 e. The van der Waals surface area contributed by atoms with Gasteiger partial charge < -0.3 is 13.7 Å². The number of anilines is 3. The number of nitrogens with zero attached hydrogens (tertiary/aromatic N) is 1. The first-order valence-electron chi connectivity index (χ1n) is 25.4. The quantitative estimate of drug-likeness (QED) is 0.172. The average molecular weight is 932 g/mol. The van der Waals surface area contributed by atoms with Gasteiger partial charge in [0.25, 0.3) is 0 Å². The van der Waals surface area contributed by atoms with Crippen LogP contribution in [-0.4, -0.2) is 0 Å². The van der Waals surface area contributed by atoms with E-state index >= 15 is 0 Å². The molecule has 3 heteroatoms. The molecule has 2 aromatic heterocycles. The third kappa shape index (κ3) is 5.43. The molecule has 0 amide bonds. The van der Waals surface area contributed by atoms with Gasteiger partial charge in [-0.1, -0.05) is 190 Å². The minimum absolute atomic E-state index is 0.158. The summed E-state index contributed by atoms with van der Waals surface area (Å²) >= 11 is 0. The number of hydrogen-bond acceptors (Lipinski definition) is 3. The van der Waals surface area contributed by atoms with E-state index in [2.05, 4.69) is 255 Å². The van der Waals surface area contributed by atoms with Crippen molar-refractivity contribution in [2.75, 3.05) is 4.90 Å². The van der Waals surface area contributed by atoms with Crippen LogP contribution in [0.25, 0.3) is 99.5 Å². The molecular weight excluding hydrogens is 887 g/mol. The molecule has 1 spiro atoms. The zero-order valence-corrected chi connectivity index (χ0v) is 40.3. The highest BCUT2D eigenvalue weighted by Gasteiger charge is 2.51. The molecule has 0 radical (unpaired) electrons. The molecule has 3 aliphatic carbocycles. The molecule has 0 saturated carbocycles. The number of furan rings is 2. The van der Waals surface area contributed by atoms with Crippen LogP contribution in [0.2, 0.25) is 0 Å². The van der Waals surface area contributed by atoms with Crippen molar-refractivity contribution in [2.45, 2.75) is 24.7 Å². The number of benzene rings is 11. The molecule has 16 rings (SSSR count). The van der Waals surface area contributed by atoms with Gasteiger partial charge in [0.2, 0.25) is 0 Å². The fourth-order valence-corrected chi connectivity index (χ4v) is 13.5. The maximum absolute atomic E-state index is 7.25. The van der Waals surface area contributed by atoms with E-state index in [4.69, 9.17) is 8.83 Å². The van der Waals surface area contributed by atoms with Crippen LogP contribution in [0.4, 0.5) is 17.1 Å². The zero-order chi connectivity index (χ0) is 48.2. The second kappa shape index (κ2) is 14.7. The van der Waals surface area contributed by atoms with E-state index in [0.717, 1.165) is 72.1 Å². The van der Waals surface area contributed by atoms with Crippen molar-refractivity contribution in [3.63, 3.8) is 0 Å². The largest absolute Gasteiger partial charge is 0.456 e. The lowest BCUT2D eigenvalue weighted by Crippen LogP contribution is -2.25. The molecule has 2 heterocycles. The Morgan fingerprint density at radius 1 is 0.315 bits per heavy atom. The summed E-state index contributed by atoms with van der Waals surface area (Å²) in [6.45, 7) is 4.71. The van der Waals surface area contributed by atoms with Gasteiger partial charge in [0.15, 0.2) is 0 Å². The van der Waals surface area contributed by atoms with Crippen molar-refractivity contribution in [1.29, 1.82) is 0 Å². The Hall–Kier alpha value is -9.18. The SMILES string of the molecule is CC1(C)c2ccccc2-c2ccc(N(c3ccc(-c4ccccc4)cc3)c3ccc4oc5c(-c6ccc7c(c6)C6(c8ccccc8-c8ccccc86)c6ccccc6-7)c6c(cc5c4c3)oc3ccccc36)cc21. The zero-order valence-electron chi connectivity index (χ0n) is 40.3. The first kappa shape index (κ1) is 40.5. The highest BCUT2D eigenvalue weighted by Crippen LogP contribution is 2.63. The lowest BCUT2D eigenvalue weighted by molar-refractivity contribution is 0.660. The second-order valence-electron chi connectivity index (χ2n) is 20.7. The topological polar surface area (TPSA) is 29.5 Å². The molecule has 13 aromatic rings. The van der Waals surface area contributed by atoms with Crippen molar-refractivity contribution >= 4 is 60.9 Å². The van der Waals surface area contributed by atoms with Crippen molar-refractivity contribution in [3.05, 3.63) is 270 Å². The van der Waals surface area contributed by atoms with Gasteiger partial charge in [0.1, 0.15) is 22.3 Å². The molecule has 0 unspecified atom stereocenters. The predicted molar refractivity (Wildman–Crippen MR) is 300 cm³/mol. The normalized spacial score (nSPS) is 14.1. The number of para-hydroxylation sites is 1. The van der Waals surface area contributed by atoms with Crippen LogP contribution in [0, 0.1) is 0 Å². The fraction of sp³-hybridized carbons (Fsp3) is 0.0571. The van der Waals surface area contributed by atoms with Gasteiger partial charge in [-0.3, -0.25) is 0 Å². The minimum Gasteiger partial charge on any atom is -0.456 e. The predicted octanol–water partition coefficient (Wildman–Crippen LogP) is 18.9. The Bertz CT molecular complexity index is 4410. The van der Waals surface area contributed by atoms with Crippen LogP contribution in [-0.2, 0) is 10.8 Å². The molecular formula is C70H45NO2. The fourth-order valence-electron chi connectivity index (χ4n) is 13.5. The summed E-state index contributed by atoms with van der Waals surface area (Å²) in [6, 6.07) is 87.0. The van der Waals surface area contributed by atoms with Crippen molar-refractivity contribution in [3.8, 4) is 55.6 Å². The summed E-state index contributed by atoms with van der Waals surface area (Å²) in [6.07, 6.45) is 0. The van der Waals surface area contributed by atoms with Crippen LogP contribution in [0.1, 0.15) is 47.2 Å². The summed E-state index contributed by atoms with van der Waals surface area (Å²) in [7, 11) is 0. The lowest BCUT2D eigenvalue weighted by Gasteiger charge is -2.30. The minimum atomic E-state index is -0.484. The molecule has 0 fully saturated rings. The molecule has 342 valence electrons. The third-order valence-electron chi connectivity index (χ3n) is 16.7. The summed E-state index contributed by atoms with van der Waals surface area (Å²) in [5, 5.41) is 4.16. The third-order valence-corrected chi connectivity index (χ3v) is 16.7. The van der Waals surface area contributed by atoms with Crippen molar-refractivity contribution < 1.29 is 8.83 Å². The lowest BCUT2D eigenvalue weighted by atomic mass is 9.70. The Labute approximate surface area is 422 Å². The summed E-state index contributed by atoms with van der Waals surface area (Å²) in [4.78, 5) is 2.40. The standard InChI is InChI=1S/C70H45NO2/c1-69(2)57-23-11-6-18-48(57)52-36-33-47(40-61(52)69)71(45-31-28-43(29-32-45)42-16-4-3-5-17-42)46-34-37-64-55(39-46)56-41-65-67(54-22-10-15-27-63(54)72-65)66(68(56)73-64)44-30-35-53-51-21-9-14-26-60(51)70(62(53)38-44)58-24-12-7-19-49(58)50-20-8-13-25-59(50)70/h3-41H,1-2H3. The van der Waals surface area contributed by atoms with E-state index < -0.39 is 5.41 Å².